The summed E-state index contributed by atoms with van der Waals surface area (Å²) in [4.78, 5) is 36.9. The molecular weight excluding hydrogens is 427 g/mol. The van der Waals surface area contributed by atoms with E-state index in [9.17, 15) is 27.6 Å². The van der Waals surface area contributed by atoms with Crippen LogP contribution in [0.2, 0.25) is 0 Å². The molecule has 0 radical (unpaired) electrons. The standard InChI is InChI=1S/C22H18F3N3O4/c1-32-16-9-7-15(8-10-16)26-21(31)17-4-2-3-5-18(17)27-19(29)13-28-12-14(22(23,24)25)6-11-20(28)30/h2-12H,13H2,1H3,(H,26,31)(H,27,29). The van der Waals surface area contributed by atoms with E-state index in [2.05, 4.69) is 10.6 Å². The molecule has 7 nitrogen and oxygen atoms in total. The summed E-state index contributed by atoms with van der Waals surface area (Å²) in [5, 5.41) is 5.15. The molecule has 0 aliphatic carbocycles. The number of para-hydroxylation sites is 1. The maximum Gasteiger partial charge on any atom is 0.417 e. The van der Waals surface area contributed by atoms with Gasteiger partial charge in [0.2, 0.25) is 5.91 Å². The third-order valence-electron chi connectivity index (χ3n) is 4.42. The molecule has 2 N–H and O–H groups in total. The lowest BCUT2D eigenvalue weighted by Crippen LogP contribution is -2.28. The molecule has 166 valence electrons. The number of nitrogens with zero attached hydrogens (tertiary/aromatic N) is 1. The number of alkyl halides is 3. The molecule has 2 amide bonds. The Morgan fingerprint density at radius 1 is 0.969 bits per heavy atom. The van der Waals surface area contributed by atoms with Crippen LogP contribution in [0.5, 0.6) is 5.75 Å². The van der Waals surface area contributed by atoms with Gasteiger partial charge < -0.3 is 19.9 Å². The number of halogens is 3. The average molecular weight is 445 g/mol. The highest BCUT2D eigenvalue weighted by Crippen LogP contribution is 2.28. The molecule has 0 saturated heterocycles. The van der Waals surface area contributed by atoms with Crippen LogP contribution in [0.15, 0.2) is 71.7 Å². The van der Waals surface area contributed by atoms with E-state index >= 15 is 0 Å². The van der Waals surface area contributed by atoms with Gasteiger partial charge in [0.15, 0.2) is 0 Å². The Hall–Kier alpha value is -4.08. The molecule has 0 aliphatic heterocycles. The van der Waals surface area contributed by atoms with E-state index in [1.165, 1.54) is 19.2 Å². The second-order valence-corrected chi connectivity index (χ2v) is 6.66. The molecule has 0 bridgehead atoms. The van der Waals surface area contributed by atoms with Gasteiger partial charge in [-0.25, -0.2) is 0 Å². The smallest absolute Gasteiger partial charge is 0.417 e. The normalized spacial score (nSPS) is 11.0. The molecule has 10 heteroatoms. The lowest BCUT2D eigenvalue weighted by Gasteiger charge is -2.13. The molecule has 0 saturated carbocycles. The Morgan fingerprint density at radius 2 is 1.66 bits per heavy atom. The van der Waals surface area contributed by atoms with Gasteiger partial charge in [-0.2, -0.15) is 13.2 Å². The van der Waals surface area contributed by atoms with Crippen molar-refractivity contribution in [2.24, 2.45) is 0 Å². The number of carbonyl (C=O) groups is 2. The van der Waals surface area contributed by atoms with Gasteiger partial charge in [0.25, 0.3) is 11.5 Å². The molecule has 0 aliphatic rings. The average Bonchev–Trinajstić information content (AvgIpc) is 2.75. The summed E-state index contributed by atoms with van der Waals surface area (Å²) >= 11 is 0. The Morgan fingerprint density at radius 3 is 2.31 bits per heavy atom. The van der Waals surface area contributed by atoms with Crippen molar-refractivity contribution in [2.75, 3.05) is 17.7 Å². The fourth-order valence-electron chi connectivity index (χ4n) is 2.83. The number of carbonyl (C=O) groups excluding carboxylic acids is 2. The minimum Gasteiger partial charge on any atom is -0.497 e. The fourth-order valence-corrected chi connectivity index (χ4v) is 2.83. The molecule has 32 heavy (non-hydrogen) atoms. The first-order valence-electron chi connectivity index (χ1n) is 9.29. The predicted molar refractivity (Wildman–Crippen MR) is 112 cm³/mol. The molecule has 3 aromatic rings. The zero-order valence-electron chi connectivity index (χ0n) is 16.8. The maximum atomic E-state index is 12.9. The molecule has 1 aromatic heterocycles. The quantitative estimate of drug-likeness (QED) is 0.605. The number of hydrogen-bond donors (Lipinski definition) is 2. The summed E-state index contributed by atoms with van der Waals surface area (Å²) in [5.41, 5.74) is -1.05. The molecule has 2 aromatic carbocycles. The summed E-state index contributed by atoms with van der Waals surface area (Å²) in [6.07, 6.45) is -4.08. The Balaban J connectivity index is 1.75. The topological polar surface area (TPSA) is 89.4 Å². The minimum atomic E-state index is -4.65. The highest BCUT2D eigenvalue weighted by Gasteiger charge is 2.31. The van der Waals surface area contributed by atoms with Gasteiger partial charge in [0.05, 0.1) is 23.9 Å². The van der Waals surface area contributed by atoms with E-state index in [4.69, 9.17) is 4.74 Å². The van der Waals surface area contributed by atoms with Crippen molar-refractivity contribution < 1.29 is 27.5 Å². The number of nitrogens with one attached hydrogen (secondary N) is 2. The lowest BCUT2D eigenvalue weighted by atomic mass is 10.1. The summed E-state index contributed by atoms with van der Waals surface area (Å²) in [5.74, 6) is -0.668. The fraction of sp³-hybridized carbons (Fsp3) is 0.136. The summed E-state index contributed by atoms with van der Waals surface area (Å²) in [6, 6.07) is 14.1. The second-order valence-electron chi connectivity index (χ2n) is 6.66. The summed E-state index contributed by atoms with van der Waals surface area (Å²) < 4.78 is 44.3. The van der Waals surface area contributed by atoms with Gasteiger partial charge in [-0.1, -0.05) is 12.1 Å². The summed E-state index contributed by atoms with van der Waals surface area (Å²) in [6.45, 7) is -0.656. The van der Waals surface area contributed by atoms with Crippen LogP contribution in [0.3, 0.4) is 0 Å². The summed E-state index contributed by atoms with van der Waals surface area (Å²) in [7, 11) is 1.51. The second kappa shape index (κ2) is 9.38. The van der Waals surface area contributed by atoms with Crippen LogP contribution < -0.4 is 20.9 Å². The van der Waals surface area contributed by atoms with E-state index < -0.39 is 35.7 Å². The van der Waals surface area contributed by atoms with Crippen molar-refractivity contribution >= 4 is 23.2 Å². The third-order valence-corrected chi connectivity index (χ3v) is 4.42. The molecule has 0 unspecified atom stereocenters. The number of pyridine rings is 1. The SMILES string of the molecule is COc1ccc(NC(=O)c2ccccc2NC(=O)Cn2cc(C(F)(F)F)ccc2=O)cc1. The monoisotopic (exact) mass is 445 g/mol. The van der Waals surface area contributed by atoms with E-state index in [0.717, 1.165) is 6.07 Å². The number of aromatic nitrogens is 1. The van der Waals surface area contributed by atoms with Gasteiger partial charge >= 0.3 is 6.18 Å². The number of anilines is 2. The minimum absolute atomic E-state index is 0.132. The van der Waals surface area contributed by atoms with Crippen LogP contribution in [0.25, 0.3) is 0 Å². The molecule has 0 atom stereocenters. The van der Waals surface area contributed by atoms with Crippen molar-refractivity contribution in [3.8, 4) is 5.75 Å². The Labute approximate surface area is 180 Å². The highest BCUT2D eigenvalue weighted by molar-refractivity contribution is 6.10. The van der Waals surface area contributed by atoms with Crippen molar-refractivity contribution in [2.45, 2.75) is 12.7 Å². The van der Waals surface area contributed by atoms with Gasteiger partial charge in [0.1, 0.15) is 12.3 Å². The predicted octanol–water partition coefficient (Wildman–Crippen LogP) is 3.77. The number of rotatable bonds is 6. The first kappa shape index (κ1) is 22.6. The molecule has 3 rings (SSSR count). The van der Waals surface area contributed by atoms with Gasteiger partial charge in [-0.15, -0.1) is 0 Å². The van der Waals surface area contributed by atoms with Crippen molar-refractivity contribution in [3.05, 3.63) is 88.3 Å². The number of benzene rings is 2. The molecular formula is C22H18F3N3O4. The maximum absolute atomic E-state index is 12.9. The van der Waals surface area contributed by atoms with Crippen LogP contribution in [0, 0.1) is 0 Å². The number of methoxy groups -OCH3 is 1. The van der Waals surface area contributed by atoms with E-state index in [0.29, 0.717) is 28.3 Å². The van der Waals surface area contributed by atoms with Crippen molar-refractivity contribution in [3.63, 3.8) is 0 Å². The zero-order valence-corrected chi connectivity index (χ0v) is 16.8. The van der Waals surface area contributed by atoms with E-state index in [-0.39, 0.29) is 11.3 Å². The first-order chi connectivity index (χ1) is 15.2. The van der Waals surface area contributed by atoms with Crippen LogP contribution in [-0.2, 0) is 17.5 Å². The lowest BCUT2D eigenvalue weighted by molar-refractivity contribution is -0.138. The van der Waals surface area contributed by atoms with Crippen LogP contribution in [0.4, 0.5) is 24.5 Å². The number of hydrogen-bond acceptors (Lipinski definition) is 4. The first-order valence-corrected chi connectivity index (χ1v) is 9.29. The zero-order chi connectivity index (χ0) is 23.3. The van der Waals surface area contributed by atoms with Crippen molar-refractivity contribution in [1.29, 1.82) is 0 Å². The van der Waals surface area contributed by atoms with E-state index in [1.807, 2.05) is 0 Å². The molecule has 1 heterocycles. The third kappa shape index (κ3) is 5.54. The van der Waals surface area contributed by atoms with Gasteiger partial charge in [-0.05, 0) is 42.5 Å². The number of amides is 2. The van der Waals surface area contributed by atoms with Crippen LogP contribution in [0.1, 0.15) is 15.9 Å². The molecule has 0 fully saturated rings. The highest BCUT2D eigenvalue weighted by atomic mass is 19.4. The molecule has 0 spiro atoms. The van der Waals surface area contributed by atoms with Gasteiger partial charge in [-0.3, -0.25) is 14.4 Å². The number of ether oxygens (including phenoxy) is 1. The Bertz CT molecular complexity index is 1190. The van der Waals surface area contributed by atoms with Crippen LogP contribution in [-0.4, -0.2) is 23.5 Å². The van der Waals surface area contributed by atoms with E-state index in [1.54, 1.807) is 36.4 Å². The largest absolute Gasteiger partial charge is 0.497 e. The Kier molecular flexibility index (Phi) is 6.62. The van der Waals surface area contributed by atoms with Gasteiger partial charge in [0, 0.05) is 18.0 Å². The van der Waals surface area contributed by atoms with Crippen molar-refractivity contribution in [1.82, 2.24) is 4.57 Å². The van der Waals surface area contributed by atoms with Crippen LogP contribution >= 0.6 is 0 Å².